The van der Waals surface area contributed by atoms with Gasteiger partial charge in [-0.15, -0.1) is 0 Å². The van der Waals surface area contributed by atoms with Crippen LogP contribution in [0.2, 0.25) is 0 Å². The highest BCUT2D eigenvalue weighted by molar-refractivity contribution is 6.21. The molecule has 54 heavy (non-hydrogen) atoms. The quantitative estimate of drug-likeness (QED) is 0.210. The second kappa shape index (κ2) is 13.9. The number of allylic oxidation sites excluding steroid dienone is 11. The SMILES string of the molecule is CCC1=C(C)C2=NC1=CC1=C(C)C3=C(O)CC(=C4NC(=CC5=NC(=C2)C(N(C(=O)OC(C)(C)C)C(=O)OC(C)(C)C)=C5C)[C@@H](C)[C@@H]4CCC(=O)OC)C3=N1. The van der Waals surface area contributed by atoms with E-state index < -0.39 is 23.4 Å². The van der Waals surface area contributed by atoms with E-state index in [0.717, 1.165) is 49.9 Å². The maximum Gasteiger partial charge on any atom is 0.424 e. The number of fused-ring (bicyclic) bond motifs is 5. The van der Waals surface area contributed by atoms with Gasteiger partial charge in [-0.1, -0.05) is 13.8 Å². The summed E-state index contributed by atoms with van der Waals surface area (Å²) in [4.78, 5) is 56.6. The third-order valence-corrected chi connectivity index (χ3v) is 10.3. The molecule has 0 saturated carbocycles. The van der Waals surface area contributed by atoms with Crippen LogP contribution in [0.1, 0.15) is 102 Å². The molecule has 2 amide bonds. The standard InChI is InChI=1S/C42H51N5O7/c1-13-24-20(2)27-19-32-38(47(39(50)53-41(6,7)8)40(51)54-42(9,10)11)23(5)30(44-32)17-28-21(3)25(14-15-34(49)52-12)36(45-28)26-16-33(48)35-22(4)29(46-37(26)35)18-31(24)43-27/h17-19,21,25,45,48H,13-16H2,1-12H3/t21-,25-/m0/s1. The summed E-state index contributed by atoms with van der Waals surface area (Å²) in [6.45, 7) is 20.3. The molecule has 6 rings (SSSR count). The molecule has 0 radical (unpaired) electrons. The van der Waals surface area contributed by atoms with Gasteiger partial charge in [0.05, 0.1) is 47.0 Å². The van der Waals surface area contributed by atoms with Crippen LogP contribution in [0.4, 0.5) is 9.59 Å². The Morgan fingerprint density at radius 2 is 1.50 bits per heavy atom. The molecule has 12 heteroatoms. The van der Waals surface area contributed by atoms with Gasteiger partial charge in [0.15, 0.2) is 0 Å². The van der Waals surface area contributed by atoms with Gasteiger partial charge in [-0.3, -0.25) is 4.79 Å². The number of aliphatic imine (C=N–C) groups is 3. The van der Waals surface area contributed by atoms with Crippen molar-refractivity contribution in [2.24, 2.45) is 26.8 Å². The Bertz CT molecular complexity index is 2090. The number of ether oxygens (including phenoxy) is 3. The third kappa shape index (κ3) is 7.05. The average Bonchev–Trinajstić information content (AvgIpc) is 3.81. The van der Waals surface area contributed by atoms with Crippen molar-refractivity contribution >= 4 is 35.3 Å². The minimum absolute atomic E-state index is 0.117. The van der Waals surface area contributed by atoms with E-state index in [9.17, 15) is 19.5 Å². The van der Waals surface area contributed by atoms with Gasteiger partial charge in [0.2, 0.25) is 0 Å². The number of hydrogen-bond donors (Lipinski definition) is 2. The van der Waals surface area contributed by atoms with Crippen LogP contribution in [-0.4, -0.2) is 63.6 Å². The van der Waals surface area contributed by atoms with E-state index in [-0.39, 0.29) is 35.7 Å². The molecule has 0 aromatic rings. The van der Waals surface area contributed by atoms with Crippen molar-refractivity contribution in [2.75, 3.05) is 7.11 Å². The molecule has 8 bridgehead atoms. The van der Waals surface area contributed by atoms with Crippen molar-refractivity contribution in [2.45, 2.75) is 113 Å². The van der Waals surface area contributed by atoms with E-state index in [1.54, 1.807) is 47.6 Å². The first kappa shape index (κ1) is 38.5. The molecule has 0 aromatic carbocycles. The molecule has 1 saturated heterocycles. The molecule has 5 heterocycles. The highest BCUT2D eigenvalue weighted by Gasteiger charge is 2.43. The molecule has 0 unspecified atom stereocenters. The topological polar surface area (TPSA) is 151 Å². The van der Waals surface area contributed by atoms with E-state index in [2.05, 4.69) is 19.2 Å². The number of rotatable bonds is 5. The summed E-state index contributed by atoms with van der Waals surface area (Å²) in [5, 5.41) is 15.0. The van der Waals surface area contributed by atoms with Gasteiger partial charge in [0.25, 0.3) is 0 Å². The van der Waals surface area contributed by atoms with Crippen LogP contribution in [0, 0.1) is 11.8 Å². The fourth-order valence-electron chi connectivity index (χ4n) is 7.62. The van der Waals surface area contributed by atoms with Crippen molar-refractivity contribution in [3.63, 3.8) is 0 Å². The maximum atomic E-state index is 14.0. The average molecular weight is 738 g/mol. The summed E-state index contributed by atoms with van der Waals surface area (Å²) in [6.07, 6.45) is 5.55. The molecule has 0 aromatic heterocycles. The Hall–Kier alpha value is -5.26. The van der Waals surface area contributed by atoms with Crippen LogP contribution in [0.5, 0.6) is 0 Å². The molecule has 12 nitrogen and oxygen atoms in total. The lowest BCUT2D eigenvalue weighted by Gasteiger charge is -2.29. The fourth-order valence-corrected chi connectivity index (χ4v) is 7.62. The molecule has 1 fully saturated rings. The van der Waals surface area contributed by atoms with E-state index in [1.165, 1.54) is 7.11 Å². The summed E-state index contributed by atoms with van der Waals surface area (Å²) >= 11 is 0. The molecule has 2 atom stereocenters. The molecular weight excluding hydrogens is 686 g/mol. The number of nitrogens with zero attached hydrogens (tertiary/aromatic N) is 4. The summed E-state index contributed by atoms with van der Waals surface area (Å²) in [5.41, 5.74) is 8.67. The molecule has 0 spiro atoms. The zero-order valence-corrected chi connectivity index (χ0v) is 33.4. The minimum atomic E-state index is -0.915. The highest BCUT2D eigenvalue weighted by Crippen LogP contribution is 2.46. The number of aliphatic hydroxyl groups excluding tert-OH is 1. The van der Waals surface area contributed by atoms with Crippen molar-refractivity contribution in [1.82, 2.24) is 10.2 Å². The Balaban J connectivity index is 1.62. The van der Waals surface area contributed by atoms with Crippen molar-refractivity contribution in [3.8, 4) is 0 Å². The lowest BCUT2D eigenvalue weighted by Crippen LogP contribution is -2.43. The summed E-state index contributed by atoms with van der Waals surface area (Å²) in [5.74, 6) is -0.318. The number of carbonyl (C=O) groups is 3. The van der Waals surface area contributed by atoms with Gasteiger partial charge >= 0.3 is 18.2 Å². The number of methoxy groups -OCH3 is 1. The van der Waals surface area contributed by atoms with Gasteiger partial charge in [-0.2, -0.15) is 4.90 Å². The fraction of sp³-hybridized carbons (Fsp3) is 0.476. The van der Waals surface area contributed by atoms with Crippen molar-refractivity contribution < 1.29 is 33.7 Å². The zero-order chi connectivity index (χ0) is 39.6. The number of amides is 2. The van der Waals surface area contributed by atoms with E-state index in [4.69, 9.17) is 29.2 Å². The van der Waals surface area contributed by atoms with E-state index >= 15 is 0 Å². The van der Waals surface area contributed by atoms with Crippen molar-refractivity contribution in [1.29, 1.82) is 0 Å². The number of aliphatic hydroxyl groups is 1. The normalized spacial score (nSPS) is 22.2. The second-order valence-electron chi connectivity index (χ2n) is 16.4. The van der Waals surface area contributed by atoms with Gasteiger partial charge < -0.3 is 24.6 Å². The predicted octanol–water partition coefficient (Wildman–Crippen LogP) is 8.74. The largest absolute Gasteiger partial charge is 0.511 e. The summed E-state index contributed by atoms with van der Waals surface area (Å²) in [6, 6.07) is 0. The number of esters is 1. The number of hydrogen-bond acceptors (Lipinski definition) is 11. The number of carbonyl (C=O) groups excluding carboxylic acids is 3. The smallest absolute Gasteiger partial charge is 0.424 e. The van der Waals surface area contributed by atoms with Gasteiger partial charge in [0, 0.05) is 52.8 Å². The molecular formula is C42H51N5O7. The monoisotopic (exact) mass is 737 g/mol. The molecule has 5 aliphatic heterocycles. The lowest BCUT2D eigenvalue weighted by molar-refractivity contribution is -0.140. The van der Waals surface area contributed by atoms with Crippen LogP contribution in [-0.2, 0) is 19.0 Å². The zero-order valence-electron chi connectivity index (χ0n) is 33.4. The summed E-state index contributed by atoms with van der Waals surface area (Å²) in [7, 11) is 1.38. The molecule has 2 N–H and O–H groups in total. The van der Waals surface area contributed by atoms with Crippen LogP contribution >= 0.6 is 0 Å². The van der Waals surface area contributed by atoms with Crippen LogP contribution in [0.3, 0.4) is 0 Å². The molecule has 6 aliphatic rings. The first-order valence-electron chi connectivity index (χ1n) is 18.5. The van der Waals surface area contributed by atoms with Crippen LogP contribution in [0.15, 0.2) is 107 Å². The third-order valence-electron chi connectivity index (χ3n) is 10.3. The van der Waals surface area contributed by atoms with Crippen LogP contribution in [0.25, 0.3) is 0 Å². The number of imide groups is 1. The van der Waals surface area contributed by atoms with Crippen LogP contribution < -0.4 is 5.32 Å². The minimum Gasteiger partial charge on any atom is -0.511 e. The Kier molecular flexibility index (Phi) is 9.87. The van der Waals surface area contributed by atoms with Crippen molar-refractivity contribution in [3.05, 3.63) is 91.6 Å². The van der Waals surface area contributed by atoms with E-state index in [1.807, 2.05) is 32.9 Å². The number of nitrogens with one attached hydrogen (secondary N) is 1. The van der Waals surface area contributed by atoms with Gasteiger partial charge in [-0.05, 0) is 110 Å². The first-order chi connectivity index (χ1) is 25.2. The lowest BCUT2D eigenvalue weighted by atomic mass is 9.86. The Morgan fingerprint density at radius 1 is 0.889 bits per heavy atom. The Morgan fingerprint density at radius 3 is 2.09 bits per heavy atom. The molecule has 286 valence electrons. The van der Waals surface area contributed by atoms with Gasteiger partial charge in [-0.25, -0.2) is 24.6 Å². The second-order valence-corrected chi connectivity index (χ2v) is 16.4. The Labute approximate surface area is 317 Å². The first-order valence-corrected chi connectivity index (χ1v) is 18.5. The van der Waals surface area contributed by atoms with Gasteiger partial charge in [0.1, 0.15) is 17.0 Å². The summed E-state index contributed by atoms with van der Waals surface area (Å²) < 4.78 is 16.6. The highest BCUT2D eigenvalue weighted by atomic mass is 16.6. The van der Waals surface area contributed by atoms with E-state index in [0.29, 0.717) is 53.4 Å². The maximum absolute atomic E-state index is 14.0. The molecule has 1 aliphatic carbocycles. The predicted molar refractivity (Wildman–Crippen MR) is 208 cm³/mol.